The number of hydrazine groups is 1. The number of fused-ring (bicyclic) bond motifs is 6. The first-order chi connectivity index (χ1) is 28.4. The van der Waals surface area contributed by atoms with Crippen molar-refractivity contribution in [2.45, 2.75) is 84.0 Å². The van der Waals surface area contributed by atoms with Gasteiger partial charge in [0.15, 0.2) is 0 Å². The third kappa shape index (κ3) is 8.30. The number of amides is 2. The molecular weight excluding hydrogens is 763 g/mol. The first kappa shape index (κ1) is 40.8. The number of thiazole rings is 1. The summed E-state index contributed by atoms with van der Waals surface area (Å²) in [6.45, 7) is 11.0. The average Bonchev–Trinajstić information content (AvgIpc) is 3.97. The maximum atomic E-state index is 14.5. The minimum atomic E-state index is -0.901. The summed E-state index contributed by atoms with van der Waals surface area (Å²) >= 11 is 1.48. The zero-order chi connectivity index (χ0) is 41.4. The van der Waals surface area contributed by atoms with Gasteiger partial charge in [0.05, 0.1) is 40.7 Å². The van der Waals surface area contributed by atoms with Crippen LogP contribution in [0.1, 0.15) is 74.4 Å². The first-order valence-electron chi connectivity index (χ1n) is 20.8. The molecule has 0 aliphatic carbocycles. The summed E-state index contributed by atoms with van der Waals surface area (Å²) in [7, 11) is 3.72. The van der Waals surface area contributed by atoms with Crippen molar-refractivity contribution in [3.05, 3.63) is 94.1 Å². The summed E-state index contributed by atoms with van der Waals surface area (Å²) in [5.74, 6) is -1.20. The minimum Gasteiger partial charge on any atom is -0.464 e. The van der Waals surface area contributed by atoms with Crippen LogP contribution in [0.4, 0.5) is 0 Å². The van der Waals surface area contributed by atoms with Gasteiger partial charge in [-0.25, -0.2) is 10.4 Å². The molecule has 59 heavy (non-hydrogen) atoms. The third-order valence-corrected chi connectivity index (χ3v) is 13.1. The highest BCUT2D eigenvalue weighted by molar-refractivity contribution is 7.10. The number of likely N-dealkylation sites (N-methyl/N-ethyl adjacent to an activating group) is 1. The zero-order valence-corrected chi connectivity index (χ0v) is 35.7. The van der Waals surface area contributed by atoms with Crippen LogP contribution in [0.15, 0.2) is 72.2 Å². The summed E-state index contributed by atoms with van der Waals surface area (Å²) in [5, 5.41) is 8.55. The Labute approximate surface area is 350 Å². The summed E-state index contributed by atoms with van der Waals surface area (Å²) in [5.41, 5.74) is 10.8. The van der Waals surface area contributed by atoms with E-state index < -0.39 is 23.5 Å². The number of esters is 1. The molecule has 2 N–H and O–H groups in total. The number of rotatable bonds is 7. The molecule has 0 radical (unpaired) electrons. The van der Waals surface area contributed by atoms with E-state index in [1.54, 1.807) is 7.11 Å². The number of pyridine rings is 1. The molecule has 310 valence electrons. The number of aromatic nitrogens is 3. The van der Waals surface area contributed by atoms with Gasteiger partial charge in [0, 0.05) is 84.6 Å². The molecule has 0 unspecified atom stereocenters. The number of carbonyl (C=O) groups excluding carboxylic acids is 3. The fourth-order valence-corrected chi connectivity index (χ4v) is 10.00. The number of benzene rings is 2. The van der Waals surface area contributed by atoms with Crippen LogP contribution in [0.2, 0.25) is 0 Å². The molecule has 13 heteroatoms. The van der Waals surface area contributed by atoms with Crippen molar-refractivity contribution in [1.29, 1.82) is 0 Å². The fourth-order valence-electron chi connectivity index (χ4n) is 9.15. The Balaban J connectivity index is 1.20. The van der Waals surface area contributed by atoms with Crippen LogP contribution < -0.4 is 10.7 Å². The number of hydrogen-bond donors (Lipinski definition) is 2. The summed E-state index contributed by atoms with van der Waals surface area (Å²) in [6.07, 6.45) is 3.55. The maximum absolute atomic E-state index is 14.5. The van der Waals surface area contributed by atoms with E-state index in [0.29, 0.717) is 32.4 Å². The van der Waals surface area contributed by atoms with Crippen LogP contribution in [0, 0.1) is 11.3 Å². The van der Waals surface area contributed by atoms with E-state index in [9.17, 15) is 14.4 Å². The molecule has 3 aliphatic rings. The van der Waals surface area contributed by atoms with Crippen LogP contribution in [0.25, 0.3) is 33.4 Å². The number of likely N-dealkylation sites (tertiary alicyclic amines) is 1. The Kier molecular flexibility index (Phi) is 11.7. The molecule has 2 saturated heterocycles. The smallest absolute Gasteiger partial charge is 0.324 e. The van der Waals surface area contributed by atoms with Crippen LogP contribution in [-0.2, 0) is 43.2 Å². The summed E-state index contributed by atoms with van der Waals surface area (Å²) < 4.78 is 14.3. The van der Waals surface area contributed by atoms with E-state index in [2.05, 4.69) is 77.4 Å². The maximum Gasteiger partial charge on any atom is 0.324 e. The lowest BCUT2D eigenvalue weighted by molar-refractivity contribution is -0.155. The molecular formula is C46H55N7O5S. The van der Waals surface area contributed by atoms with E-state index in [-0.39, 0.29) is 42.8 Å². The molecule has 2 fully saturated rings. The van der Waals surface area contributed by atoms with Crippen molar-refractivity contribution >= 4 is 40.0 Å². The average molecular weight is 818 g/mol. The Bertz CT molecular complexity index is 2340. The molecule has 0 spiro atoms. The molecule has 0 saturated carbocycles. The molecule has 6 bridgehead atoms. The number of nitrogens with zero attached hydrogens (tertiary/aromatic N) is 5. The molecule has 3 aliphatic heterocycles. The van der Waals surface area contributed by atoms with Crippen LogP contribution in [0.5, 0.6) is 0 Å². The number of methoxy groups -OCH3 is 1. The molecule has 5 aromatic rings. The number of aryl methyl sites for hydroxylation is 1. The van der Waals surface area contributed by atoms with Gasteiger partial charge in [-0.2, -0.15) is 0 Å². The van der Waals surface area contributed by atoms with Gasteiger partial charge in [-0.05, 0) is 75.5 Å². The van der Waals surface area contributed by atoms with E-state index >= 15 is 0 Å². The third-order valence-electron chi connectivity index (χ3n) is 12.2. The second-order valence-electron chi connectivity index (χ2n) is 17.1. The van der Waals surface area contributed by atoms with E-state index in [4.69, 9.17) is 19.4 Å². The van der Waals surface area contributed by atoms with Crippen molar-refractivity contribution in [1.82, 2.24) is 35.2 Å². The fraction of sp³-hybridized carbons (Fsp3) is 0.457. The van der Waals surface area contributed by atoms with Gasteiger partial charge in [0.1, 0.15) is 12.1 Å². The Hall–Kier alpha value is -4.95. The van der Waals surface area contributed by atoms with Crippen molar-refractivity contribution in [3.63, 3.8) is 0 Å². The molecule has 2 amide bonds. The highest BCUT2D eigenvalue weighted by Crippen LogP contribution is 2.42. The number of cyclic esters (lactones) is 1. The number of nitrogens with one attached hydrogen (secondary N) is 2. The van der Waals surface area contributed by atoms with E-state index in [0.717, 1.165) is 68.3 Å². The van der Waals surface area contributed by atoms with Gasteiger partial charge in [-0.3, -0.25) is 24.4 Å². The Morgan fingerprint density at radius 3 is 2.71 bits per heavy atom. The topological polar surface area (TPSA) is 131 Å². The van der Waals surface area contributed by atoms with Gasteiger partial charge in [0.2, 0.25) is 5.91 Å². The SMILES string of the molecule is CCn1c(-c2cccnc2[C@H](C)OC)c2c3cc(ccc31)-c1csc(n1)C[C@H](NC(=O)[C@H]1CN(C)C[C@@H]1c1ccccc1)C(=O)N1CCC[C@H](N1)C(=O)OCC(C)(C)C2. The molecule has 3 aromatic heterocycles. The Morgan fingerprint density at radius 2 is 1.93 bits per heavy atom. The van der Waals surface area contributed by atoms with Gasteiger partial charge in [0.25, 0.3) is 5.91 Å². The van der Waals surface area contributed by atoms with Crippen molar-refractivity contribution < 1.29 is 23.9 Å². The van der Waals surface area contributed by atoms with Gasteiger partial charge >= 0.3 is 5.97 Å². The largest absolute Gasteiger partial charge is 0.464 e. The summed E-state index contributed by atoms with van der Waals surface area (Å²) in [6, 6.07) is 19.1. The lowest BCUT2D eigenvalue weighted by Gasteiger charge is -2.35. The lowest BCUT2D eigenvalue weighted by Crippen LogP contribution is -2.61. The molecule has 5 atom stereocenters. The highest BCUT2D eigenvalue weighted by Gasteiger charge is 2.40. The zero-order valence-electron chi connectivity index (χ0n) is 34.9. The van der Waals surface area contributed by atoms with Crippen LogP contribution >= 0.6 is 11.3 Å². The predicted octanol–water partition coefficient (Wildman–Crippen LogP) is 6.55. The van der Waals surface area contributed by atoms with Crippen molar-refractivity contribution in [2.75, 3.05) is 40.4 Å². The molecule has 6 heterocycles. The predicted molar refractivity (Wildman–Crippen MR) is 229 cm³/mol. The van der Waals surface area contributed by atoms with E-state index in [1.807, 2.05) is 49.8 Å². The van der Waals surface area contributed by atoms with Crippen LogP contribution in [0.3, 0.4) is 0 Å². The standard InChI is InChI=1S/C46H55N7O5S/c1-7-52-39-18-17-30-21-32(39)33(42(52)31-15-11-19-47-41(31)28(2)57-6)23-46(3,4)27-58-45(56)36-16-12-20-53(50-36)44(55)37(22-40-48-38(30)26-59-40)49-43(54)35-25-51(5)24-34(35)29-13-9-8-10-14-29/h8-11,13-15,17-19,21,26,28,34-37,50H,7,12,16,20,22-25,27H2,1-6H3,(H,49,54)/t28-,34+,35-,36-,37-/m0/s1. The molecule has 12 nitrogen and oxygen atoms in total. The van der Waals surface area contributed by atoms with Gasteiger partial charge in [-0.15, -0.1) is 11.3 Å². The number of hydrogen-bond acceptors (Lipinski definition) is 10. The van der Waals surface area contributed by atoms with Crippen molar-refractivity contribution in [2.24, 2.45) is 11.3 Å². The van der Waals surface area contributed by atoms with Gasteiger partial charge < -0.3 is 24.3 Å². The second-order valence-corrected chi connectivity index (χ2v) is 18.1. The normalized spacial score (nSPS) is 23.2. The Morgan fingerprint density at radius 1 is 1.12 bits per heavy atom. The minimum absolute atomic E-state index is 0.00508. The second kappa shape index (κ2) is 17.0. The lowest BCUT2D eigenvalue weighted by atomic mass is 9.84. The van der Waals surface area contributed by atoms with Gasteiger partial charge in [-0.1, -0.05) is 50.2 Å². The summed E-state index contributed by atoms with van der Waals surface area (Å²) in [4.78, 5) is 54.7. The quantitative estimate of drug-likeness (QED) is 0.176. The molecule has 8 rings (SSSR count). The first-order valence-corrected chi connectivity index (χ1v) is 21.7. The monoisotopic (exact) mass is 817 g/mol. The van der Waals surface area contributed by atoms with Crippen molar-refractivity contribution in [3.8, 4) is 22.5 Å². The number of carbonyl (C=O) groups is 3. The van der Waals surface area contributed by atoms with E-state index in [1.165, 1.54) is 16.3 Å². The highest BCUT2D eigenvalue weighted by atomic mass is 32.1. The number of ether oxygens (including phenoxy) is 2. The van der Waals surface area contributed by atoms with Crippen LogP contribution in [-0.4, -0.2) is 94.7 Å². The molecule has 2 aromatic carbocycles.